The predicted molar refractivity (Wildman–Crippen MR) is 104 cm³/mol. The number of hydrogen-bond donors (Lipinski definition) is 0. The molecule has 1 amide bonds. The van der Waals surface area contributed by atoms with E-state index in [0.29, 0.717) is 42.9 Å². The molecule has 3 heterocycles. The molecule has 1 fully saturated rings. The molecule has 3 aliphatic heterocycles. The lowest BCUT2D eigenvalue weighted by atomic mass is 10.1. The third-order valence-electron chi connectivity index (χ3n) is 5.19. The molecule has 1 saturated heterocycles. The summed E-state index contributed by atoms with van der Waals surface area (Å²) in [7, 11) is 0. The second kappa shape index (κ2) is 7.44. The Morgan fingerprint density at radius 2 is 2.11 bits per heavy atom. The first-order valence-corrected chi connectivity index (χ1v) is 9.64. The highest BCUT2D eigenvalue weighted by Crippen LogP contribution is 2.37. The molecule has 142 valence electrons. The van der Waals surface area contributed by atoms with Crippen molar-refractivity contribution in [2.45, 2.75) is 32.2 Å². The van der Waals surface area contributed by atoms with Crippen molar-refractivity contribution in [1.82, 2.24) is 4.90 Å². The van der Waals surface area contributed by atoms with Crippen LogP contribution in [0.2, 0.25) is 5.02 Å². The van der Waals surface area contributed by atoms with E-state index in [1.165, 1.54) is 0 Å². The van der Waals surface area contributed by atoms with Crippen LogP contribution in [0.15, 0.2) is 35.1 Å². The Balaban J connectivity index is 1.53. The minimum Gasteiger partial charge on any atom is -0.378 e. The first-order chi connectivity index (χ1) is 13.0. The number of amides is 1. The van der Waals surface area contributed by atoms with Crippen molar-refractivity contribution in [3.05, 3.63) is 40.7 Å². The van der Waals surface area contributed by atoms with Gasteiger partial charge in [0.1, 0.15) is 5.82 Å². The molecular formula is C20H22ClN3O3. The number of carbonyl (C=O) groups is 2. The summed E-state index contributed by atoms with van der Waals surface area (Å²) in [6.45, 7) is 4.68. The number of allylic oxidation sites excluding steroid dienone is 1. The van der Waals surface area contributed by atoms with Crippen LogP contribution in [-0.2, 0) is 20.7 Å². The average molecular weight is 388 g/mol. The van der Waals surface area contributed by atoms with E-state index in [4.69, 9.17) is 16.3 Å². The molecule has 1 aromatic carbocycles. The van der Waals surface area contributed by atoms with Crippen molar-refractivity contribution >= 4 is 34.7 Å². The number of aliphatic imine (C=N–C) groups is 1. The molecule has 0 spiro atoms. The Morgan fingerprint density at radius 1 is 1.33 bits per heavy atom. The Hall–Kier alpha value is -2.18. The Bertz CT molecular complexity index is 843. The third kappa shape index (κ3) is 3.64. The minimum absolute atomic E-state index is 0.00722. The molecule has 0 aromatic heterocycles. The van der Waals surface area contributed by atoms with Gasteiger partial charge in [-0.1, -0.05) is 17.7 Å². The molecule has 0 aliphatic carbocycles. The zero-order valence-corrected chi connectivity index (χ0v) is 16.0. The van der Waals surface area contributed by atoms with Crippen LogP contribution in [0.4, 0.5) is 5.69 Å². The topological polar surface area (TPSA) is 62.2 Å². The first-order valence-electron chi connectivity index (χ1n) is 9.26. The van der Waals surface area contributed by atoms with E-state index in [1.54, 1.807) is 11.0 Å². The van der Waals surface area contributed by atoms with E-state index in [-0.39, 0.29) is 30.6 Å². The second-order valence-electron chi connectivity index (χ2n) is 7.15. The smallest absolute Gasteiger partial charge is 0.232 e. The Labute approximate surface area is 163 Å². The number of hydrogen-bond acceptors (Lipinski definition) is 5. The van der Waals surface area contributed by atoms with Crippen LogP contribution in [0.3, 0.4) is 0 Å². The van der Waals surface area contributed by atoms with Crippen LogP contribution in [0, 0.1) is 0 Å². The van der Waals surface area contributed by atoms with Crippen LogP contribution in [0.5, 0.6) is 0 Å². The summed E-state index contributed by atoms with van der Waals surface area (Å²) in [4.78, 5) is 33.7. The van der Waals surface area contributed by atoms with Gasteiger partial charge in [0.25, 0.3) is 0 Å². The largest absolute Gasteiger partial charge is 0.378 e. The van der Waals surface area contributed by atoms with Crippen LogP contribution < -0.4 is 4.90 Å². The van der Waals surface area contributed by atoms with Gasteiger partial charge >= 0.3 is 0 Å². The van der Waals surface area contributed by atoms with E-state index in [1.807, 2.05) is 30.0 Å². The quantitative estimate of drug-likeness (QED) is 0.799. The number of halogens is 1. The highest BCUT2D eigenvalue weighted by Gasteiger charge is 2.33. The van der Waals surface area contributed by atoms with Crippen molar-refractivity contribution in [2.24, 2.45) is 4.99 Å². The van der Waals surface area contributed by atoms with Gasteiger partial charge in [0, 0.05) is 48.0 Å². The normalized spacial score (nSPS) is 22.4. The predicted octanol–water partition coefficient (Wildman–Crippen LogP) is 2.60. The SMILES string of the molecule is CC1Cc2c(Cl)cccc2N1C(=O)CC1=NC(N2CCOCC2)=CC(=O)C1. The van der Waals surface area contributed by atoms with E-state index < -0.39 is 0 Å². The van der Waals surface area contributed by atoms with Gasteiger partial charge in [-0.25, -0.2) is 4.99 Å². The monoisotopic (exact) mass is 387 g/mol. The molecule has 0 bridgehead atoms. The zero-order chi connectivity index (χ0) is 19.0. The fourth-order valence-corrected chi connectivity index (χ4v) is 4.17. The highest BCUT2D eigenvalue weighted by atomic mass is 35.5. The van der Waals surface area contributed by atoms with Gasteiger partial charge < -0.3 is 14.5 Å². The lowest BCUT2D eigenvalue weighted by Crippen LogP contribution is -2.38. The summed E-state index contributed by atoms with van der Waals surface area (Å²) in [5.74, 6) is 0.598. The fraction of sp³-hybridized carbons (Fsp3) is 0.450. The molecule has 1 unspecified atom stereocenters. The fourth-order valence-electron chi connectivity index (χ4n) is 3.93. The summed E-state index contributed by atoms with van der Waals surface area (Å²) in [6, 6.07) is 5.68. The number of carbonyl (C=O) groups excluding carboxylic acids is 2. The molecule has 7 heteroatoms. The van der Waals surface area contributed by atoms with Gasteiger partial charge in [0.05, 0.1) is 19.6 Å². The van der Waals surface area contributed by atoms with Gasteiger partial charge in [-0.3, -0.25) is 9.59 Å². The molecule has 0 N–H and O–H groups in total. The number of fused-ring (bicyclic) bond motifs is 1. The van der Waals surface area contributed by atoms with Gasteiger partial charge in [0.15, 0.2) is 5.78 Å². The molecule has 3 aliphatic rings. The van der Waals surface area contributed by atoms with Crippen LogP contribution in [0.25, 0.3) is 0 Å². The maximum atomic E-state index is 13.0. The summed E-state index contributed by atoms with van der Waals surface area (Å²) in [6.07, 6.45) is 2.66. The number of ketones is 1. The van der Waals surface area contributed by atoms with Crippen molar-refractivity contribution in [3.63, 3.8) is 0 Å². The van der Waals surface area contributed by atoms with Crippen LogP contribution in [0.1, 0.15) is 25.3 Å². The van der Waals surface area contributed by atoms with Gasteiger partial charge in [-0.2, -0.15) is 0 Å². The van der Waals surface area contributed by atoms with E-state index >= 15 is 0 Å². The summed E-state index contributed by atoms with van der Waals surface area (Å²) < 4.78 is 5.36. The molecule has 0 radical (unpaired) electrons. The highest BCUT2D eigenvalue weighted by molar-refractivity contribution is 6.32. The van der Waals surface area contributed by atoms with Crippen molar-refractivity contribution in [2.75, 3.05) is 31.2 Å². The summed E-state index contributed by atoms with van der Waals surface area (Å²) in [5, 5.41) is 0.692. The van der Waals surface area contributed by atoms with E-state index in [9.17, 15) is 9.59 Å². The van der Waals surface area contributed by atoms with Crippen molar-refractivity contribution in [1.29, 1.82) is 0 Å². The number of morpholine rings is 1. The molecular weight excluding hydrogens is 366 g/mol. The maximum Gasteiger partial charge on any atom is 0.232 e. The molecule has 6 nitrogen and oxygen atoms in total. The molecule has 0 saturated carbocycles. The zero-order valence-electron chi connectivity index (χ0n) is 15.3. The average Bonchev–Trinajstić information content (AvgIpc) is 2.99. The van der Waals surface area contributed by atoms with Gasteiger partial charge in [-0.15, -0.1) is 0 Å². The molecule has 27 heavy (non-hydrogen) atoms. The lowest BCUT2D eigenvalue weighted by molar-refractivity contribution is -0.117. The van der Waals surface area contributed by atoms with Crippen molar-refractivity contribution < 1.29 is 14.3 Å². The molecule has 4 rings (SSSR count). The number of benzene rings is 1. The number of rotatable bonds is 3. The minimum atomic E-state index is -0.0432. The third-order valence-corrected chi connectivity index (χ3v) is 5.55. The van der Waals surface area contributed by atoms with Gasteiger partial charge in [0.2, 0.25) is 5.91 Å². The second-order valence-corrected chi connectivity index (χ2v) is 7.56. The first kappa shape index (κ1) is 18.2. The number of ether oxygens (including phenoxy) is 1. The van der Waals surface area contributed by atoms with Crippen LogP contribution in [-0.4, -0.2) is 54.6 Å². The van der Waals surface area contributed by atoms with Gasteiger partial charge in [-0.05, 0) is 31.0 Å². The standard InChI is InChI=1S/C20H22ClN3O3/c1-13-9-16-17(21)3-2-4-18(16)24(13)20(26)11-14-10-15(25)12-19(22-14)23-5-7-27-8-6-23/h2-4,12-13H,5-11H2,1H3. The van der Waals surface area contributed by atoms with Crippen LogP contribution >= 0.6 is 11.6 Å². The molecule has 1 atom stereocenters. The maximum absolute atomic E-state index is 13.0. The van der Waals surface area contributed by atoms with E-state index in [2.05, 4.69) is 4.99 Å². The summed E-state index contributed by atoms with van der Waals surface area (Å²) >= 11 is 6.29. The number of nitrogens with zero attached hydrogens (tertiary/aromatic N) is 3. The summed E-state index contributed by atoms with van der Waals surface area (Å²) in [5.41, 5.74) is 2.50. The Morgan fingerprint density at radius 3 is 2.89 bits per heavy atom. The lowest BCUT2D eigenvalue weighted by Gasteiger charge is -2.30. The van der Waals surface area contributed by atoms with E-state index in [0.717, 1.165) is 17.7 Å². The molecule has 1 aromatic rings. The Kier molecular flexibility index (Phi) is 5.02. The van der Waals surface area contributed by atoms with Crippen molar-refractivity contribution in [3.8, 4) is 0 Å². The number of anilines is 1.